The second kappa shape index (κ2) is 9.71. The average molecular weight is 324 g/mol. The summed E-state index contributed by atoms with van der Waals surface area (Å²) in [5.41, 5.74) is 5.31. The fourth-order valence-corrected chi connectivity index (χ4v) is 2.22. The van der Waals surface area contributed by atoms with Gasteiger partial charge in [-0.05, 0) is 56.0 Å². The fourth-order valence-electron chi connectivity index (χ4n) is 2.22. The number of aryl methyl sites for hydroxylation is 2. The minimum absolute atomic E-state index is 0.0528. The van der Waals surface area contributed by atoms with Gasteiger partial charge < -0.3 is 4.74 Å². The molecule has 128 valence electrons. The van der Waals surface area contributed by atoms with E-state index in [0.29, 0.717) is 12.2 Å². The van der Waals surface area contributed by atoms with Crippen molar-refractivity contribution in [3.05, 3.63) is 70.3 Å². The molecule has 2 aromatic rings. The van der Waals surface area contributed by atoms with Crippen molar-refractivity contribution in [2.45, 2.75) is 41.5 Å². The molecule has 0 saturated heterocycles. The molecule has 0 aromatic heterocycles. The Morgan fingerprint density at radius 3 is 2.29 bits per heavy atom. The van der Waals surface area contributed by atoms with Gasteiger partial charge in [-0.25, -0.2) is 0 Å². The number of carbonyl (C=O) groups is 1. The number of Topliss-reactive ketones (excluding diaryl/α,β-unsaturated/α-hetero) is 1. The number of carbonyl (C=O) groups excluding carboxylic acids is 1. The van der Waals surface area contributed by atoms with Crippen molar-refractivity contribution in [1.82, 2.24) is 0 Å². The summed E-state index contributed by atoms with van der Waals surface area (Å²) in [6, 6.07) is 13.8. The molecule has 0 unspecified atom stereocenters. The van der Waals surface area contributed by atoms with E-state index < -0.39 is 0 Å². The zero-order valence-corrected chi connectivity index (χ0v) is 15.6. The van der Waals surface area contributed by atoms with Gasteiger partial charge in [0.05, 0.1) is 0 Å². The molecule has 0 aliphatic carbocycles. The largest absolute Gasteiger partial charge is 0.489 e. The molecule has 0 aliphatic heterocycles. The maximum atomic E-state index is 11.5. The Hall–Kier alpha value is -2.35. The summed E-state index contributed by atoms with van der Waals surface area (Å²) < 4.78 is 5.88. The molecule has 0 bridgehead atoms. The first-order valence-electron chi connectivity index (χ1n) is 8.44. The normalized spacial score (nSPS) is 10.7. The second-order valence-electron chi connectivity index (χ2n) is 5.67. The van der Waals surface area contributed by atoms with Crippen LogP contribution in [0.4, 0.5) is 0 Å². The highest BCUT2D eigenvalue weighted by atomic mass is 16.5. The minimum Gasteiger partial charge on any atom is -0.489 e. The summed E-state index contributed by atoms with van der Waals surface area (Å²) in [6.07, 6.45) is 2.14. The zero-order valence-electron chi connectivity index (χ0n) is 15.6. The summed E-state index contributed by atoms with van der Waals surface area (Å²) in [6.45, 7) is 12.2. The topological polar surface area (TPSA) is 26.3 Å². The molecular formula is C22H28O2. The van der Waals surface area contributed by atoms with Gasteiger partial charge in [-0.1, -0.05) is 56.3 Å². The highest BCUT2D eigenvalue weighted by Crippen LogP contribution is 2.21. The van der Waals surface area contributed by atoms with Gasteiger partial charge in [-0.2, -0.15) is 0 Å². The number of hydrogen-bond donors (Lipinski definition) is 0. The van der Waals surface area contributed by atoms with Crippen molar-refractivity contribution >= 4 is 11.9 Å². The maximum absolute atomic E-state index is 11.5. The van der Waals surface area contributed by atoms with Crippen LogP contribution in [0.15, 0.2) is 48.0 Å². The van der Waals surface area contributed by atoms with Crippen LogP contribution in [0.25, 0.3) is 6.08 Å². The lowest BCUT2D eigenvalue weighted by atomic mass is 10.1. The summed E-state index contributed by atoms with van der Waals surface area (Å²) >= 11 is 0. The van der Waals surface area contributed by atoms with Crippen LogP contribution in [-0.2, 0) is 0 Å². The van der Waals surface area contributed by atoms with Crippen LogP contribution in [0.2, 0.25) is 0 Å². The Balaban J connectivity index is 0.00000139. The molecule has 2 rings (SSSR count). The highest BCUT2D eigenvalue weighted by Gasteiger charge is 2.05. The third-order valence-corrected chi connectivity index (χ3v) is 3.64. The molecule has 24 heavy (non-hydrogen) atoms. The van der Waals surface area contributed by atoms with E-state index in [9.17, 15) is 4.79 Å². The highest BCUT2D eigenvalue weighted by molar-refractivity contribution is 5.94. The minimum atomic E-state index is 0.0528. The molecule has 0 aliphatic rings. The van der Waals surface area contributed by atoms with E-state index in [2.05, 4.69) is 32.1 Å². The Morgan fingerprint density at radius 2 is 1.67 bits per heavy atom. The number of rotatable bonds is 5. The van der Waals surface area contributed by atoms with Crippen LogP contribution in [0.1, 0.15) is 54.7 Å². The quantitative estimate of drug-likeness (QED) is 0.629. The molecule has 0 N–H and O–H groups in total. The summed E-state index contributed by atoms with van der Waals surface area (Å²) in [5.74, 6) is 0.822. The summed E-state index contributed by atoms with van der Waals surface area (Å²) in [5, 5.41) is 0. The van der Waals surface area contributed by atoms with Gasteiger partial charge in [0.2, 0.25) is 0 Å². The van der Waals surface area contributed by atoms with Crippen LogP contribution < -0.4 is 4.74 Å². The SMILES string of the molecule is CC.CC(=O)c1ccc(C)c(OC/C(C)=C/c2ccccc2C)c1. The van der Waals surface area contributed by atoms with Crippen molar-refractivity contribution in [3.8, 4) is 5.75 Å². The lowest BCUT2D eigenvalue weighted by Crippen LogP contribution is -2.02. The lowest BCUT2D eigenvalue weighted by Gasteiger charge is -2.11. The fraction of sp³-hybridized carbons (Fsp3) is 0.318. The van der Waals surface area contributed by atoms with E-state index in [4.69, 9.17) is 4.74 Å². The van der Waals surface area contributed by atoms with Crippen molar-refractivity contribution in [2.24, 2.45) is 0 Å². The predicted octanol–water partition coefficient (Wildman–Crippen LogP) is 6.01. The van der Waals surface area contributed by atoms with Gasteiger partial charge in [0.15, 0.2) is 5.78 Å². The van der Waals surface area contributed by atoms with Gasteiger partial charge in [0.25, 0.3) is 0 Å². The number of ether oxygens (including phenoxy) is 1. The van der Waals surface area contributed by atoms with Gasteiger partial charge in [0.1, 0.15) is 12.4 Å². The number of benzene rings is 2. The molecule has 0 spiro atoms. The maximum Gasteiger partial charge on any atom is 0.159 e. The monoisotopic (exact) mass is 324 g/mol. The Morgan fingerprint density at radius 1 is 1.00 bits per heavy atom. The van der Waals surface area contributed by atoms with Gasteiger partial charge in [0, 0.05) is 5.56 Å². The number of hydrogen-bond acceptors (Lipinski definition) is 2. The van der Waals surface area contributed by atoms with Crippen LogP contribution in [-0.4, -0.2) is 12.4 Å². The van der Waals surface area contributed by atoms with Gasteiger partial charge >= 0.3 is 0 Å². The Labute approximate surface area is 146 Å². The second-order valence-corrected chi connectivity index (χ2v) is 5.67. The molecule has 2 nitrogen and oxygen atoms in total. The first-order valence-corrected chi connectivity index (χ1v) is 8.44. The van der Waals surface area contributed by atoms with E-state index in [0.717, 1.165) is 16.9 Å². The molecule has 0 fully saturated rings. The first-order chi connectivity index (χ1) is 11.5. The number of ketones is 1. The van der Waals surface area contributed by atoms with Crippen molar-refractivity contribution < 1.29 is 9.53 Å². The lowest BCUT2D eigenvalue weighted by molar-refractivity contribution is 0.101. The van der Waals surface area contributed by atoms with E-state index in [1.54, 1.807) is 6.92 Å². The third-order valence-electron chi connectivity index (χ3n) is 3.64. The Bertz CT molecular complexity index is 712. The van der Waals surface area contributed by atoms with E-state index in [1.807, 2.05) is 51.1 Å². The van der Waals surface area contributed by atoms with Crippen LogP contribution in [0.3, 0.4) is 0 Å². The first kappa shape index (κ1) is 19.7. The molecule has 0 amide bonds. The predicted molar refractivity (Wildman–Crippen MR) is 103 cm³/mol. The van der Waals surface area contributed by atoms with Crippen LogP contribution in [0.5, 0.6) is 5.75 Å². The van der Waals surface area contributed by atoms with Crippen molar-refractivity contribution in [2.75, 3.05) is 6.61 Å². The molecule has 0 radical (unpaired) electrons. The van der Waals surface area contributed by atoms with Crippen molar-refractivity contribution in [1.29, 1.82) is 0 Å². The molecule has 0 atom stereocenters. The average Bonchev–Trinajstić information content (AvgIpc) is 2.58. The molecule has 0 heterocycles. The van der Waals surface area contributed by atoms with E-state index in [-0.39, 0.29) is 5.78 Å². The van der Waals surface area contributed by atoms with E-state index >= 15 is 0 Å². The van der Waals surface area contributed by atoms with Crippen molar-refractivity contribution in [3.63, 3.8) is 0 Å². The smallest absolute Gasteiger partial charge is 0.159 e. The zero-order chi connectivity index (χ0) is 18.1. The van der Waals surface area contributed by atoms with Crippen LogP contribution >= 0.6 is 0 Å². The molecule has 2 heteroatoms. The third kappa shape index (κ3) is 5.69. The molecule has 2 aromatic carbocycles. The van der Waals surface area contributed by atoms with E-state index in [1.165, 1.54) is 11.1 Å². The molecule has 0 saturated carbocycles. The standard InChI is InChI=1S/C20H22O2.C2H6/c1-14(11-18-8-6-5-7-15(18)2)13-22-20-12-19(17(4)21)10-9-16(20)3;1-2/h5-12H,13H2,1-4H3;1-2H3/b14-11+;. The van der Waals surface area contributed by atoms with Crippen LogP contribution in [0, 0.1) is 13.8 Å². The molecular weight excluding hydrogens is 296 g/mol. The summed E-state index contributed by atoms with van der Waals surface area (Å²) in [4.78, 5) is 11.5. The Kier molecular flexibility index (Phi) is 7.97. The van der Waals surface area contributed by atoms with Gasteiger partial charge in [-0.3, -0.25) is 4.79 Å². The van der Waals surface area contributed by atoms with Gasteiger partial charge in [-0.15, -0.1) is 0 Å². The summed E-state index contributed by atoms with van der Waals surface area (Å²) in [7, 11) is 0.